The van der Waals surface area contributed by atoms with Gasteiger partial charge in [-0.3, -0.25) is 9.36 Å². The van der Waals surface area contributed by atoms with E-state index in [0.717, 1.165) is 0 Å². The van der Waals surface area contributed by atoms with Crippen LogP contribution in [0.25, 0.3) is 0 Å². The summed E-state index contributed by atoms with van der Waals surface area (Å²) in [5.41, 5.74) is 0. The van der Waals surface area contributed by atoms with Crippen molar-refractivity contribution in [1.29, 1.82) is 0 Å². The first-order valence-electron chi connectivity index (χ1n) is 6.63. The van der Waals surface area contributed by atoms with Crippen molar-refractivity contribution in [2.45, 2.75) is 33.9 Å². The lowest BCUT2D eigenvalue weighted by molar-refractivity contribution is -0.126. The Hall–Kier alpha value is -0.850. The molecule has 0 rings (SSSR count). The van der Waals surface area contributed by atoms with Gasteiger partial charge in [-0.05, 0) is 27.7 Å². The molecule has 0 aliphatic heterocycles. The molecule has 0 spiro atoms. The van der Waals surface area contributed by atoms with E-state index in [0.29, 0.717) is 6.08 Å². The van der Waals surface area contributed by atoms with Crippen molar-refractivity contribution in [2.75, 3.05) is 26.3 Å². The third kappa shape index (κ3) is 5.80. The first kappa shape index (κ1) is 20.1. The van der Waals surface area contributed by atoms with Crippen molar-refractivity contribution in [3.63, 3.8) is 0 Å². The Labute approximate surface area is 122 Å². The summed E-state index contributed by atoms with van der Waals surface area (Å²) >= 11 is 0. The molecule has 0 fully saturated rings. The standard InChI is InChI=1S/C12H21F3NO4P/c1-5-16(6-2)11(17)9-10(12(13,14)15)21(18,19-7-3)20-8-4/h9H,5-8H2,1-4H3/b10-9-. The van der Waals surface area contributed by atoms with Gasteiger partial charge in [-0.15, -0.1) is 0 Å². The molecule has 0 bridgehead atoms. The van der Waals surface area contributed by atoms with E-state index in [1.807, 2.05) is 0 Å². The van der Waals surface area contributed by atoms with E-state index in [1.54, 1.807) is 13.8 Å². The van der Waals surface area contributed by atoms with Gasteiger partial charge in [0.05, 0.1) is 13.2 Å². The Morgan fingerprint density at radius 1 is 1.10 bits per heavy atom. The van der Waals surface area contributed by atoms with E-state index in [1.165, 1.54) is 18.7 Å². The quantitative estimate of drug-likeness (QED) is 0.504. The largest absolute Gasteiger partial charge is 0.424 e. The fraction of sp³-hybridized carbons (Fsp3) is 0.750. The summed E-state index contributed by atoms with van der Waals surface area (Å²) < 4.78 is 61.0. The van der Waals surface area contributed by atoms with Gasteiger partial charge in [0, 0.05) is 19.2 Å². The first-order valence-corrected chi connectivity index (χ1v) is 8.17. The number of amides is 1. The van der Waals surface area contributed by atoms with Crippen LogP contribution < -0.4 is 0 Å². The average Bonchev–Trinajstić information content (AvgIpc) is 2.36. The normalized spacial score (nSPS) is 13.4. The molecule has 1 amide bonds. The van der Waals surface area contributed by atoms with Crippen molar-refractivity contribution in [2.24, 2.45) is 0 Å². The van der Waals surface area contributed by atoms with Crippen molar-refractivity contribution >= 4 is 13.5 Å². The molecule has 0 N–H and O–H groups in total. The molecule has 124 valence electrons. The number of rotatable bonds is 8. The van der Waals surface area contributed by atoms with Gasteiger partial charge in [0.25, 0.3) is 0 Å². The Morgan fingerprint density at radius 3 is 1.81 bits per heavy atom. The topological polar surface area (TPSA) is 55.8 Å². The van der Waals surface area contributed by atoms with Gasteiger partial charge in [0.1, 0.15) is 0 Å². The van der Waals surface area contributed by atoms with Crippen LogP contribution in [-0.4, -0.2) is 43.3 Å². The summed E-state index contributed by atoms with van der Waals surface area (Å²) in [5.74, 6) is -0.882. The maximum Gasteiger partial charge on any atom is 0.424 e. The molecular formula is C12H21F3NO4P. The van der Waals surface area contributed by atoms with Gasteiger partial charge in [0.2, 0.25) is 5.91 Å². The number of alkyl halides is 3. The molecule has 0 aliphatic rings. The lowest BCUT2D eigenvalue weighted by Crippen LogP contribution is -2.30. The maximum absolute atomic E-state index is 13.1. The van der Waals surface area contributed by atoms with Gasteiger partial charge in [0.15, 0.2) is 5.31 Å². The SMILES string of the molecule is CCOP(=O)(OCC)/C(=C\C(=O)N(CC)CC)C(F)(F)F. The van der Waals surface area contributed by atoms with E-state index in [2.05, 4.69) is 9.05 Å². The molecule has 0 aliphatic carbocycles. The zero-order chi connectivity index (χ0) is 16.7. The second kappa shape index (κ2) is 8.56. The molecule has 0 atom stereocenters. The lowest BCUT2D eigenvalue weighted by atomic mass is 10.4. The van der Waals surface area contributed by atoms with Crippen LogP contribution in [-0.2, 0) is 18.4 Å². The Bertz CT molecular complexity index is 409. The monoisotopic (exact) mass is 331 g/mol. The molecule has 0 heterocycles. The maximum atomic E-state index is 13.1. The van der Waals surface area contributed by atoms with Gasteiger partial charge < -0.3 is 13.9 Å². The number of hydrogen-bond acceptors (Lipinski definition) is 4. The van der Waals surface area contributed by atoms with E-state index in [4.69, 9.17) is 0 Å². The average molecular weight is 331 g/mol. The summed E-state index contributed by atoms with van der Waals surface area (Å²) in [5, 5.41) is -1.57. The van der Waals surface area contributed by atoms with Gasteiger partial charge >= 0.3 is 13.8 Å². The van der Waals surface area contributed by atoms with Crippen LogP contribution in [0.4, 0.5) is 13.2 Å². The molecule has 0 saturated heterocycles. The molecule has 0 aromatic heterocycles. The smallest absolute Gasteiger partial charge is 0.340 e. The van der Waals surface area contributed by atoms with Gasteiger partial charge in [-0.2, -0.15) is 13.2 Å². The predicted molar refractivity (Wildman–Crippen MR) is 72.9 cm³/mol. The third-order valence-corrected chi connectivity index (χ3v) is 4.69. The van der Waals surface area contributed by atoms with Crippen LogP contribution in [0.15, 0.2) is 11.4 Å². The second-order valence-electron chi connectivity index (χ2n) is 3.87. The highest BCUT2D eigenvalue weighted by atomic mass is 31.2. The minimum absolute atomic E-state index is 0.232. The number of hydrogen-bond donors (Lipinski definition) is 0. The molecule has 0 aromatic carbocycles. The highest BCUT2D eigenvalue weighted by molar-refractivity contribution is 7.58. The third-order valence-electron chi connectivity index (χ3n) is 2.52. The number of allylic oxidation sites excluding steroid dienone is 1. The van der Waals surface area contributed by atoms with Crippen molar-refractivity contribution < 1.29 is 31.6 Å². The lowest BCUT2D eigenvalue weighted by Gasteiger charge is -2.23. The van der Waals surface area contributed by atoms with Crippen LogP contribution in [0, 0.1) is 0 Å². The Morgan fingerprint density at radius 2 is 1.52 bits per heavy atom. The number of carbonyl (C=O) groups is 1. The number of likely N-dealkylation sites (N-methyl/N-ethyl adjacent to an activating group) is 1. The van der Waals surface area contributed by atoms with Crippen LogP contribution in [0.2, 0.25) is 0 Å². The first-order chi connectivity index (χ1) is 9.66. The van der Waals surface area contributed by atoms with E-state index < -0.39 is 25.0 Å². The van der Waals surface area contributed by atoms with Crippen molar-refractivity contribution in [3.8, 4) is 0 Å². The van der Waals surface area contributed by atoms with Gasteiger partial charge in [-0.1, -0.05) is 0 Å². The van der Waals surface area contributed by atoms with E-state index in [9.17, 15) is 22.5 Å². The molecule has 0 aromatic rings. The van der Waals surface area contributed by atoms with Crippen LogP contribution >= 0.6 is 7.60 Å². The fourth-order valence-corrected chi connectivity index (χ4v) is 3.19. The van der Waals surface area contributed by atoms with E-state index in [-0.39, 0.29) is 26.3 Å². The molecule has 0 saturated carbocycles. The van der Waals surface area contributed by atoms with Crippen molar-refractivity contribution in [3.05, 3.63) is 11.4 Å². The summed E-state index contributed by atoms with van der Waals surface area (Å²) in [7, 11) is -4.58. The van der Waals surface area contributed by atoms with Gasteiger partial charge in [-0.25, -0.2) is 0 Å². The number of halogens is 3. The highest BCUT2D eigenvalue weighted by Crippen LogP contribution is 2.61. The highest BCUT2D eigenvalue weighted by Gasteiger charge is 2.48. The zero-order valence-electron chi connectivity index (χ0n) is 12.6. The Balaban J connectivity index is 5.77. The predicted octanol–water partition coefficient (Wildman–Crippen LogP) is 3.57. The van der Waals surface area contributed by atoms with Crippen LogP contribution in [0.1, 0.15) is 27.7 Å². The molecule has 9 heteroatoms. The van der Waals surface area contributed by atoms with Crippen LogP contribution in [0.3, 0.4) is 0 Å². The minimum Gasteiger partial charge on any atom is -0.340 e. The number of nitrogens with zero attached hydrogens (tertiary/aromatic N) is 1. The molecule has 21 heavy (non-hydrogen) atoms. The molecule has 0 unspecified atom stereocenters. The number of carbonyl (C=O) groups excluding carboxylic acids is 1. The molecular weight excluding hydrogens is 310 g/mol. The Kier molecular flexibility index (Phi) is 8.21. The second-order valence-corrected chi connectivity index (χ2v) is 5.86. The minimum atomic E-state index is -4.98. The molecule has 0 radical (unpaired) electrons. The molecule has 5 nitrogen and oxygen atoms in total. The fourth-order valence-electron chi connectivity index (χ4n) is 1.58. The van der Waals surface area contributed by atoms with Crippen LogP contribution in [0.5, 0.6) is 0 Å². The van der Waals surface area contributed by atoms with Crippen molar-refractivity contribution in [1.82, 2.24) is 4.90 Å². The van der Waals surface area contributed by atoms with E-state index >= 15 is 0 Å². The summed E-state index contributed by atoms with van der Waals surface area (Å²) in [4.78, 5) is 13.0. The summed E-state index contributed by atoms with van der Waals surface area (Å²) in [6, 6.07) is 0. The zero-order valence-corrected chi connectivity index (χ0v) is 13.5. The summed E-state index contributed by atoms with van der Waals surface area (Å²) in [6.07, 6.45) is -4.68. The summed E-state index contributed by atoms with van der Waals surface area (Å²) in [6.45, 7) is 6.07.